The standard InChI is InChI=1S/C8H11ClN4S/c1-6(3-4-10)13(2)5-7-11-12-8(9)14-7/h6H,3,5H2,1-2H3. The molecule has 0 N–H and O–H groups in total. The lowest BCUT2D eigenvalue weighted by atomic mass is 10.2. The van der Waals surface area contributed by atoms with Crippen molar-refractivity contribution in [1.29, 1.82) is 5.26 Å². The van der Waals surface area contributed by atoms with Crippen molar-refractivity contribution < 1.29 is 0 Å². The highest BCUT2D eigenvalue weighted by atomic mass is 35.5. The summed E-state index contributed by atoms with van der Waals surface area (Å²) < 4.78 is 0.460. The normalized spacial score (nSPS) is 12.8. The number of hydrogen-bond donors (Lipinski definition) is 0. The highest BCUT2D eigenvalue weighted by Crippen LogP contribution is 2.17. The zero-order valence-electron chi connectivity index (χ0n) is 8.07. The molecule has 0 bridgehead atoms. The molecule has 1 aromatic heterocycles. The summed E-state index contributed by atoms with van der Waals surface area (Å²) in [6.07, 6.45) is 0.517. The van der Waals surface area contributed by atoms with Gasteiger partial charge in [-0.15, -0.1) is 10.2 Å². The van der Waals surface area contributed by atoms with Crippen LogP contribution in [0.1, 0.15) is 18.4 Å². The van der Waals surface area contributed by atoms with Crippen LogP contribution in [0.3, 0.4) is 0 Å². The second kappa shape index (κ2) is 5.25. The van der Waals surface area contributed by atoms with Gasteiger partial charge >= 0.3 is 0 Å². The fourth-order valence-electron chi connectivity index (χ4n) is 0.954. The van der Waals surface area contributed by atoms with E-state index in [1.54, 1.807) is 0 Å². The van der Waals surface area contributed by atoms with Crippen molar-refractivity contribution in [2.75, 3.05) is 7.05 Å². The minimum atomic E-state index is 0.225. The maximum Gasteiger partial charge on any atom is 0.207 e. The lowest BCUT2D eigenvalue weighted by molar-refractivity contribution is 0.251. The Labute approximate surface area is 92.1 Å². The molecule has 1 aromatic rings. The van der Waals surface area contributed by atoms with Gasteiger partial charge in [0.15, 0.2) is 0 Å². The summed E-state index contributed by atoms with van der Waals surface area (Å²) in [5.74, 6) is 0. The first-order valence-electron chi connectivity index (χ1n) is 4.18. The number of hydrogen-bond acceptors (Lipinski definition) is 5. The van der Waals surface area contributed by atoms with E-state index in [-0.39, 0.29) is 6.04 Å². The number of nitrogens with zero attached hydrogens (tertiary/aromatic N) is 4. The average molecular weight is 231 g/mol. The smallest absolute Gasteiger partial charge is 0.207 e. The van der Waals surface area contributed by atoms with Gasteiger partial charge in [0.1, 0.15) is 5.01 Å². The maximum atomic E-state index is 8.53. The molecule has 0 aliphatic heterocycles. The summed E-state index contributed by atoms with van der Waals surface area (Å²) in [5, 5.41) is 17.0. The van der Waals surface area contributed by atoms with Crippen molar-refractivity contribution in [3.63, 3.8) is 0 Å². The third-order valence-electron chi connectivity index (χ3n) is 1.97. The highest BCUT2D eigenvalue weighted by Gasteiger charge is 2.11. The summed E-state index contributed by atoms with van der Waals surface area (Å²) in [4.78, 5) is 2.06. The summed E-state index contributed by atoms with van der Waals surface area (Å²) in [5.41, 5.74) is 0. The fraction of sp³-hybridized carbons (Fsp3) is 0.625. The maximum absolute atomic E-state index is 8.53. The van der Waals surface area contributed by atoms with E-state index in [9.17, 15) is 0 Å². The molecule has 1 atom stereocenters. The Morgan fingerprint density at radius 1 is 1.64 bits per heavy atom. The Morgan fingerprint density at radius 2 is 2.36 bits per heavy atom. The molecule has 0 spiro atoms. The van der Waals surface area contributed by atoms with Gasteiger partial charge in [-0.3, -0.25) is 4.90 Å². The van der Waals surface area contributed by atoms with Crippen LogP contribution < -0.4 is 0 Å². The molecule has 0 saturated carbocycles. The summed E-state index contributed by atoms with van der Waals surface area (Å²) in [7, 11) is 1.96. The van der Waals surface area contributed by atoms with Gasteiger partial charge in [-0.25, -0.2) is 0 Å². The number of nitriles is 1. The van der Waals surface area contributed by atoms with Gasteiger partial charge in [0.05, 0.1) is 19.0 Å². The Hall–Kier alpha value is -0.700. The monoisotopic (exact) mass is 230 g/mol. The van der Waals surface area contributed by atoms with E-state index >= 15 is 0 Å². The molecule has 0 fully saturated rings. The van der Waals surface area contributed by atoms with E-state index in [1.165, 1.54) is 11.3 Å². The molecule has 76 valence electrons. The minimum absolute atomic E-state index is 0.225. The van der Waals surface area contributed by atoms with E-state index in [1.807, 2.05) is 14.0 Å². The number of aromatic nitrogens is 2. The van der Waals surface area contributed by atoms with Gasteiger partial charge in [-0.1, -0.05) is 11.3 Å². The Morgan fingerprint density at radius 3 is 2.86 bits per heavy atom. The minimum Gasteiger partial charge on any atom is -0.296 e. The Balaban J connectivity index is 2.49. The lowest BCUT2D eigenvalue weighted by Crippen LogP contribution is -2.28. The highest BCUT2D eigenvalue weighted by molar-refractivity contribution is 7.15. The van der Waals surface area contributed by atoms with Crippen LogP contribution >= 0.6 is 22.9 Å². The molecule has 0 saturated heterocycles. The van der Waals surface area contributed by atoms with E-state index in [2.05, 4.69) is 21.2 Å². The van der Waals surface area contributed by atoms with E-state index in [0.29, 0.717) is 17.4 Å². The zero-order valence-corrected chi connectivity index (χ0v) is 9.64. The molecular weight excluding hydrogens is 220 g/mol. The van der Waals surface area contributed by atoms with Crippen molar-refractivity contribution in [3.8, 4) is 6.07 Å². The third-order valence-corrected chi connectivity index (χ3v) is 2.97. The van der Waals surface area contributed by atoms with Crippen molar-refractivity contribution in [3.05, 3.63) is 9.47 Å². The summed E-state index contributed by atoms with van der Waals surface area (Å²) in [6.45, 7) is 2.69. The molecule has 6 heteroatoms. The van der Waals surface area contributed by atoms with Crippen LogP contribution in [0.15, 0.2) is 0 Å². The average Bonchev–Trinajstić information content (AvgIpc) is 2.51. The predicted molar refractivity (Wildman–Crippen MR) is 56.1 cm³/mol. The molecule has 1 rings (SSSR count). The summed E-state index contributed by atoms with van der Waals surface area (Å²) >= 11 is 7.03. The van der Waals surface area contributed by atoms with Gasteiger partial charge in [-0.2, -0.15) is 5.26 Å². The van der Waals surface area contributed by atoms with Gasteiger partial charge in [-0.05, 0) is 25.6 Å². The van der Waals surface area contributed by atoms with Gasteiger partial charge < -0.3 is 0 Å². The molecule has 0 aliphatic rings. The van der Waals surface area contributed by atoms with Crippen LogP contribution in [0.25, 0.3) is 0 Å². The van der Waals surface area contributed by atoms with Crippen LogP contribution in [-0.4, -0.2) is 28.2 Å². The first kappa shape index (κ1) is 11.4. The van der Waals surface area contributed by atoms with E-state index < -0.39 is 0 Å². The SMILES string of the molecule is CC(CC#N)N(C)Cc1nnc(Cl)s1. The van der Waals surface area contributed by atoms with Crippen molar-refractivity contribution in [2.45, 2.75) is 25.9 Å². The van der Waals surface area contributed by atoms with E-state index in [4.69, 9.17) is 16.9 Å². The second-order valence-corrected chi connectivity index (χ2v) is 4.72. The molecule has 14 heavy (non-hydrogen) atoms. The van der Waals surface area contributed by atoms with Gasteiger partial charge in [0, 0.05) is 6.04 Å². The molecule has 0 aliphatic carbocycles. The number of rotatable bonds is 4. The van der Waals surface area contributed by atoms with Crippen LogP contribution in [0.4, 0.5) is 0 Å². The number of halogens is 1. The van der Waals surface area contributed by atoms with Crippen LogP contribution in [0.2, 0.25) is 4.47 Å². The third kappa shape index (κ3) is 3.22. The van der Waals surface area contributed by atoms with Crippen LogP contribution in [0, 0.1) is 11.3 Å². The van der Waals surface area contributed by atoms with Crippen LogP contribution in [0.5, 0.6) is 0 Å². The van der Waals surface area contributed by atoms with Gasteiger partial charge in [0.25, 0.3) is 0 Å². The first-order valence-corrected chi connectivity index (χ1v) is 5.38. The zero-order chi connectivity index (χ0) is 10.6. The fourth-order valence-corrected chi connectivity index (χ4v) is 1.89. The van der Waals surface area contributed by atoms with Crippen LogP contribution in [-0.2, 0) is 6.54 Å². The molecule has 1 heterocycles. The Kier molecular flexibility index (Phi) is 4.26. The molecule has 4 nitrogen and oxygen atoms in total. The molecule has 0 radical (unpaired) electrons. The molecule has 0 amide bonds. The second-order valence-electron chi connectivity index (χ2n) is 3.08. The lowest BCUT2D eigenvalue weighted by Gasteiger charge is -2.20. The largest absolute Gasteiger partial charge is 0.296 e. The quantitative estimate of drug-likeness (QED) is 0.793. The van der Waals surface area contributed by atoms with Gasteiger partial charge in [0.2, 0.25) is 4.47 Å². The topological polar surface area (TPSA) is 52.8 Å². The Bertz CT molecular complexity index is 332. The van der Waals surface area contributed by atoms with Crippen molar-refractivity contribution in [2.24, 2.45) is 0 Å². The van der Waals surface area contributed by atoms with E-state index in [0.717, 1.165) is 5.01 Å². The molecule has 1 unspecified atom stereocenters. The summed E-state index contributed by atoms with van der Waals surface area (Å²) in [6, 6.07) is 2.36. The molecule has 0 aromatic carbocycles. The first-order chi connectivity index (χ1) is 6.63. The predicted octanol–water partition coefficient (Wildman–Crippen LogP) is 1.93. The van der Waals surface area contributed by atoms with Crippen molar-refractivity contribution >= 4 is 22.9 Å². The molecular formula is C8H11ClN4S. The van der Waals surface area contributed by atoms with Crippen molar-refractivity contribution in [1.82, 2.24) is 15.1 Å².